The van der Waals surface area contributed by atoms with Crippen LogP contribution in [0.2, 0.25) is 0 Å². The molecule has 2 amide bonds. The highest BCUT2D eigenvalue weighted by Gasteiger charge is 2.24. The van der Waals surface area contributed by atoms with Crippen LogP contribution in [0.1, 0.15) is 42.2 Å². The Kier molecular flexibility index (Phi) is 7.85. The van der Waals surface area contributed by atoms with Crippen LogP contribution in [0.5, 0.6) is 5.75 Å². The summed E-state index contributed by atoms with van der Waals surface area (Å²) in [5.41, 5.74) is 1.44. The van der Waals surface area contributed by atoms with Crippen LogP contribution < -0.4 is 10.1 Å². The van der Waals surface area contributed by atoms with E-state index in [9.17, 15) is 9.59 Å². The molecule has 1 fully saturated rings. The second-order valence-corrected chi connectivity index (χ2v) is 7.86. The molecule has 0 unspecified atom stereocenters. The Labute approximate surface area is 178 Å². The second-order valence-electron chi connectivity index (χ2n) is 7.86. The molecule has 1 aliphatic heterocycles. The van der Waals surface area contributed by atoms with Gasteiger partial charge in [0.05, 0.1) is 32.3 Å². The van der Waals surface area contributed by atoms with Gasteiger partial charge in [-0.2, -0.15) is 0 Å². The van der Waals surface area contributed by atoms with E-state index >= 15 is 0 Å². The molecule has 1 aliphatic rings. The SMILES string of the molecule is CC(C)COc1ccc(C(=O)N[C@H](CC(=O)N2CCOCC2)c2ccccc2)cc1. The maximum Gasteiger partial charge on any atom is 0.251 e. The van der Waals surface area contributed by atoms with E-state index in [1.165, 1.54) is 0 Å². The molecule has 0 aliphatic carbocycles. The smallest absolute Gasteiger partial charge is 0.251 e. The normalized spacial score (nSPS) is 15.0. The second kappa shape index (κ2) is 10.8. The van der Waals surface area contributed by atoms with Gasteiger partial charge in [0, 0.05) is 18.7 Å². The van der Waals surface area contributed by atoms with E-state index in [0.717, 1.165) is 11.3 Å². The summed E-state index contributed by atoms with van der Waals surface area (Å²) in [6.45, 7) is 7.09. The predicted molar refractivity (Wildman–Crippen MR) is 115 cm³/mol. The fourth-order valence-corrected chi connectivity index (χ4v) is 3.26. The molecule has 1 heterocycles. The lowest BCUT2D eigenvalue weighted by molar-refractivity contribution is -0.135. The minimum Gasteiger partial charge on any atom is -0.493 e. The van der Waals surface area contributed by atoms with Crippen molar-refractivity contribution < 1.29 is 19.1 Å². The lowest BCUT2D eigenvalue weighted by atomic mass is 10.0. The maximum absolute atomic E-state index is 12.9. The Morgan fingerprint density at radius 1 is 1.03 bits per heavy atom. The summed E-state index contributed by atoms with van der Waals surface area (Å²) in [6, 6.07) is 16.3. The number of rotatable bonds is 8. The third-order valence-corrected chi connectivity index (χ3v) is 4.95. The molecule has 0 spiro atoms. The summed E-state index contributed by atoms with van der Waals surface area (Å²) in [5, 5.41) is 3.03. The fourth-order valence-electron chi connectivity index (χ4n) is 3.26. The van der Waals surface area contributed by atoms with Crippen LogP contribution in [-0.4, -0.2) is 49.6 Å². The van der Waals surface area contributed by atoms with Crippen molar-refractivity contribution in [2.75, 3.05) is 32.9 Å². The zero-order valence-electron chi connectivity index (χ0n) is 17.7. The average Bonchev–Trinajstić information content (AvgIpc) is 2.78. The van der Waals surface area contributed by atoms with Crippen LogP contribution >= 0.6 is 0 Å². The topological polar surface area (TPSA) is 67.9 Å². The number of hydrogen-bond donors (Lipinski definition) is 1. The largest absolute Gasteiger partial charge is 0.493 e. The standard InChI is InChI=1S/C24H30N2O4/c1-18(2)17-30-21-10-8-20(9-11-21)24(28)25-22(19-6-4-3-5-7-19)16-23(27)26-12-14-29-15-13-26/h3-11,18,22H,12-17H2,1-2H3,(H,25,28)/t22-/m1/s1. The van der Waals surface area contributed by atoms with E-state index < -0.39 is 6.04 Å². The van der Waals surface area contributed by atoms with E-state index in [0.29, 0.717) is 44.4 Å². The number of carbonyl (C=O) groups excluding carboxylic acids is 2. The van der Waals surface area contributed by atoms with Crippen molar-refractivity contribution >= 4 is 11.8 Å². The van der Waals surface area contributed by atoms with Crippen molar-refractivity contribution in [2.24, 2.45) is 5.92 Å². The molecule has 160 valence electrons. The van der Waals surface area contributed by atoms with Gasteiger partial charge in [-0.15, -0.1) is 0 Å². The van der Waals surface area contributed by atoms with Crippen molar-refractivity contribution in [2.45, 2.75) is 26.3 Å². The molecule has 1 atom stereocenters. The van der Waals surface area contributed by atoms with Gasteiger partial charge in [-0.1, -0.05) is 44.2 Å². The van der Waals surface area contributed by atoms with Crippen molar-refractivity contribution in [3.8, 4) is 5.75 Å². The van der Waals surface area contributed by atoms with Gasteiger partial charge in [0.15, 0.2) is 0 Å². The third kappa shape index (κ3) is 6.32. The Morgan fingerprint density at radius 2 is 1.70 bits per heavy atom. The number of ether oxygens (including phenoxy) is 2. The molecule has 0 aromatic heterocycles. The highest BCUT2D eigenvalue weighted by Crippen LogP contribution is 2.20. The number of hydrogen-bond acceptors (Lipinski definition) is 4. The zero-order chi connectivity index (χ0) is 21.3. The van der Waals surface area contributed by atoms with Gasteiger partial charge in [-0.25, -0.2) is 0 Å². The molecular weight excluding hydrogens is 380 g/mol. The molecular formula is C24H30N2O4. The van der Waals surface area contributed by atoms with Gasteiger partial charge in [-0.05, 0) is 35.7 Å². The molecule has 6 heteroatoms. The van der Waals surface area contributed by atoms with E-state index in [1.54, 1.807) is 29.2 Å². The first kappa shape index (κ1) is 21.8. The monoisotopic (exact) mass is 410 g/mol. The highest BCUT2D eigenvalue weighted by atomic mass is 16.5. The first-order valence-corrected chi connectivity index (χ1v) is 10.5. The van der Waals surface area contributed by atoms with Gasteiger partial charge in [0.2, 0.25) is 5.91 Å². The Bertz CT molecular complexity index is 815. The third-order valence-electron chi connectivity index (χ3n) is 4.95. The van der Waals surface area contributed by atoms with E-state index in [2.05, 4.69) is 19.2 Å². The highest BCUT2D eigenvalue weighted by molar-refractivity contribution is 5.95. The van der Waals surface area contributed by atoms with Crippen LogP contribution in [0.3, 0.4) is 0 Å². The van der Waals surface area contributed by atoms with Gasteiger partial charge in [-0.3, -0.25) is 9.59 Å². The Balaban J connectivity index is 1.67. The number of nitrogens with zero attached hydrogens (tertiary/aromatic N) is 1. The van der Waals surface area contributed by atoms with Crippen molar-refractivity contribution in [1.82, 2.24) is 10.2 Å². The van der Waals surface area contributed by atoms with Gasteiger partial charge in [0.25, 0.3) is 5.91 Å². The quantitative estimate of drug-likeness (QED) is 0.724. The number of carbonyl (C=O) groups is 2. The molecule has 1 N–H and O–H groups in total. The van der Waals surface area contributed by atoms with E-state index in [1.807, 2.05) is 30.3 Å². The van der Waals surface area contributed by atoms with Gasteiger partial charge >= 0.3 is 0 Å². The molecule has 30 heavy (non-hydrogen) atoms. The average molecular weight is 411 g/mol. The molecule has 0 radical (unpaired) electrons. The predicted octanol–water partition coefficient (Wildman–Crippen LogP) is 3.44. The number of nitrogens with one attached hydrogen (secondary N) is 1. The van der Waals surface area contributed by atoms with Crippen LogP contribution in [0.4, 0.5) is 0 Å². The first-order valence-electron chi connectivity index (χ1n) is 10.5. The van der Waals surface area contributed by atoms with Crippen LogP contribution in [0.25, 0.3) is 0 Å². The van der Waals surface area contributed by atoms with Crippen molar-refractivity contribution in [1.29, 1.82) is 0 Å². The number of morpholine rings is 1. The number of amides is 2. The molecule has 0 bridgehead atoms. The lowest BCUT2D eigenvalue weighted by Crippen LogP contribution is -2.42. The summed E-state index contributed by atoms with van der Waals surface area (Å²) in [6.07, 6.45) is 0.214. The minimum atomic E-state index is -0.397. The molecule has 6 nitrogen and oxygen atoms in total. The zero-order valence-corrected chi connectivity index (χ0v) is 17.7. The van der Waals surface area contributed by atoms with E-state index in [-0.39, 0.29) is 18.2 Å². The van der Waals surface area contributed by atoms with Crippen molar-refractivity contribution in [3.63, 3.8) is 0 Å². The Hall–Kier alpha value is -2.86. The molecule has 2 aromatic carbocycles. The summed E-state index contributed by atoms with van der Waals surface area (Å²) in [7, 11) is 0. The molecule has 1 saturated heterocycles. The molecule has 0 saturated carbocycles. The van der Waals surface area contributed by atoms with Gasteiger partial charge in [0.1, 0.15) is 5.75 Å². The number of benzene rings is 2. The van der Waals surface area contributed by atoms with Crippen LogP contribution in [-0.2, 0) is 9.53 Å². The summed E-state index contributed by atoms with van der Waals surface area (Å²) < 4.78 is 11.0. The summed E-state index contributed by atoms with van der Waals surface area (Å²) in [4.78, 5) is 27.4. The van der Waals surface area contributed by atoms with Crippen molar-refractivity contribution in [3.05, 3.63) is 65.7 Å². The maximum atomic E-state index is 12.9. The fraction of sp³-hybridized carbons (Fsp3) is 0.417. The summed E-state index contributed by atoms with van der Waals surface area (Å²) >= 11 is 0. The summed E-state index contributed by atoms with van der Waals surface area (Å²) in [5.74, 6) is 0.977. The van der Waals surface area contributed by atoms with Gasteiger partial charge < -0.3 is 19.7 Å². The lowest BCUT2D eigenvalue weighted by Gasteiger charge is -2.29. The molecule has 3 rings (SSSR count). The van der Waals surface area contributed by atoms with Crippen LogP contribution in [0, 0.1) is 5.92 Å². The minimum absolute atomic E-state index is 0.0184. The first-order chi connectivity index (χ1) is 14.5. The molecule has 2 aromatic rings. The Morgan fingerprint density at radius 3 is 2.33 bits per heavy atom. The van der Waals surface area contributed by atoms with Crippen LogP contribution in [0.15, 0.2) is 54.6 Å². The van der Waals surface area contributed by atoms with E-state index in [4.69, 9.17) is 9.47 Å².